The molecule has 1 aromatic carbocycles. The number of imidazole rings is 1. The second kappa shape index (κ2) is 7.66. The maximum atomic E-state index is 14.0. The summed E-state index contributed by atoms with van der Waals surface area (Å²) in [6, 6.07) is 5.86. The summed E-state index contributed by atoms with van der Waals surface area (Å²) in [5.74, 6) is 0.629. The molecule has 2 aliphatic carbocycles. The van der Waals surface area contributed by atoms with Gasteiger partial charge in [0.1, 0.15) is 17.0 Å². The van der Waals surface area contributed by atoms with E-state index in [9.17, 15) is 18.0 Å². The molecule has 10 heteroatoms. The quantitative estimate of drug-likeness (QED) is 0.456. The molecule has 35 heavy (non-hydrogen) atoms. The molecule has 1 unspecified atom stereocenters. The number of hydrogen-bond donors (Lipinski definition) is 1. The monoisotopic (exact) mass is 480 g/mol. The van der Waals surface area contributed by atoms with E-state index in [1.54, 1.807) is 12.5 Å². The summed E-state index contributed by atoms with van der Waals surface area (Å²) in [5.41, 5.74) is 9.64. The summed E-state index contributed by atoms with van der Waals surface area (Å²) in [5, 5.41) is 0. The molecular weight excluding hydrogens is 457 g/mol. The van der Waals surface area contributed by atoms with Crippen molar-refractivity contribution in [1.29, 1.82) is 0 Å². The second-order valence-electron chi connectivity index (χ2n) is 9.49. The van der Waals surface area contributed by atoms with Crippen LogP contribution in [0, 0.1) is 12.8 Å². The van der Waals surface area contributed by atoms with Crippen LogP contribution in [0.2, 0.25) is 0 Å². The van der Waals surface area contributed by atoms with Crippen LogP contribution in [-0.4, -0.2) is 36.7 Å². The van der Waals surface area contributed by atoms with Gasteiger partial charge in [-0.1, -0.05) is 6.07 Å². The van der Waals surface area contributed by atoms with E-state index < -0.39 is 11.9 Å². The summed E-state index contributed by atoms with van der Waals surface area (Å²) in [6.45, 7) is 2.43. The number of aryl methyl sites for hydroxylation is 2. The largest absolute Gasteiger partial charge is 0.433 e. The summed E-state index contributed by atoms with van der Waals surface area (Å²) >= 11 is 0. The standard InChI is InChI=1S/C25H23F3N6O/c1-13-8-18-20(34-12-30-10-21(34)23(29)32-18)9-16(13)24(35)33(11-14-2-3-14)19-6-5-17-15(19)4-7-22(31-17)25(26,27)28/h4,7-10,12,14,19H,2-3,5-6,11H2,1H3,(H2,29,32). The van der Waals surface area contributed by atoms with Crippen LogP contribution >= 0.6 is 0 Å². The number of benzene rings is 1. The SMILES string of the molecule is Cc1cc2nc(N)c3cncn3c2cc1C(=O)N(CC1CC1)C1CCc2nc(C(F)(F)F)ccc21. The normalized spacial score (nSPS) is 17.8. The molecule has 0 radical (unpaired) electrons. The van der Waals surface area contributed by atoms with E-state index in [2.05, 4.69) is 15.0 Å². The van der Waals surface area contributed by atoms with Crippen molar-refractivity contribution < 1.29 is 18.0 Å². The number of alkyl halides is 3. The van der Waals surface area contributed by atoms with Crippen molar-refractivity contribution in [2.24, 2.45) is 5.92 Å². The number of pyridine rings is 1. The van der Waals surface area contributed by atoms with E-state index in [0.717, 1.165) is 30.0 Å². The maximum Gasteiger partial charge on any atom is 0.433 e. The fourth-order valence-electron chi connectivity index (χ4n) is 5.07. The fraction of sp³-hybridized carbons (Fsp3) is 0.360. The van der Waals surface area contributed by atoms with Crippen LogP contribution in [0.15, 0.2) is 36.8 Å². The van der Waals surface area contributed by atoms with Crippen molar-refractivity contribution in [1.82, 2.24) is 24.3 Å². The Morgan fingerprint density at radius 3 is 2.71 bits per heavy atom. The lowest BCUT2D eigenvalue weighted by molar-refractivity contribution is -0.141. The summed E-state index contributed by atoms with van der Waals surface area (Å²) in [7, 11) is 0. The van der Waals surface area contributed by atoms with Gasteiger partial charge >= 0.3 is 6.18 Å². The first kappa shape index (κ1) is 21.8. The Labute approximate surface area is 198 Å². The number of rotatable bonds is 4. The van der Waals surface area contributed by atoms with E-state index in [1.807, 2.05) is 28.4 Å². The molecule has 1 saturated carbocycles. The van der Waals surface area contributed by atoms with Gasteiger partial charge in [-0.05, 0) is 67.9 Å². The molecule has 0 bridgehead atoms. The first-order valence-electron chi connectivity index (χ1n) is 11.6. The van der Waals surface area contributed by atoms with Crippen molar-refractivity contribution in [2.75, 3.05) is 12.3 Å². The van der Waals surface area contributed by atoms with E-state index >= 15 is 0 Å². The molecule has 2 N–H and O–H groups in total. The van der Waals surface area contributed by atoms with Crippen molar-refractivity contribution in [2.45, 2.75) is 44.8 Å². The number of hydrogen-bond acceptors (Lipinski definition) is 5. The van der Waals surface area contributed by atoms with Gasteiger partial charge in [-0.15, -0.1) is 0 Å². The number of nitrogens with zero attached hydrogens (tertiary/aromatic N) is 5. The van der Waals surface area contributed by atoms with Crippen LogP contribution in [0.4, 0.5) is 19.0 Å². The highest BCUT2D eigenvalue weighted by molar-refractivity contribution is 6.00. The molecule has 3 heterocycles. The predicted octanol–water partition coefficient (Wildman–Crippen LogP) is 4.73. The van der Waals surface area contributed by atoms with Crippen molar-refractivity contribution in [3.05, 3.63) is 64.9 Å². The van der Waals surface area contributed by atoms with Gasteiger partial charge < -0.3 is 10.6 Å². The smallest absolute Gasteiger partial charge is 0.382 e. The average Bonchev–Trinajstić information content (AvgIpc) is 3.32. The molecule has 0 saturated heterocycles. The third-order valence-corrected chi connectivity index (χ3v) is 7.06. The Bertz CT molecular complexity index is 1490. The molecule has 1 fully saturated rings. The minimum Gasteiger partial charge on any atom is -0.382 e. The van der Waals surface area contributed by atoms with Crippen LogP contribution in [0.5, 0.6) is 0 Å². The van der Waals surface area contributed by atoms with Crippen LogP contribution in [0.3, 0.4) is 0 Å². The van der Waals surface area contributed by atoms with Gasteiger partial charge in [0.25, 0.3) is 5.91 Å². The molecule has 0 aliphatic heterocycles. The average molecular weight is 480 g/mol. The number of anilines is 1. The highest BCUT2D eigenvalue weighted by Crippen LogP contribution is 2.41. The zero-order valence-electron chi connectivity index (χ0n) is 19.0. The summed E-state index contributed by atoms with van der Waals surface area (Å²) in [4.78, 5) is 28.3. The summed E-state index contributed by atoms with van der Waals surface area (Å²) in [6.07, 6.45) is 1.83. The topological polar surface area (TPSA) is 89.4 Å². The lowest BCUT2D eigenvalue weighted by Gasteiger charge is -2.30. The highest BCUT2D eigenvalue weighted by atomic mass is 19.4. The minimum atomic E-state index is -4.49. The molecule has 1 amide bonds. The second-order valence-corrected chi connectivity index (χ2v) is 9.49. The van der Waals surface area contributed by atoms with Crippen LogP contribution < -0.4 is 5.73 Å². The lowest BCUT2D eigenvalue weighted by atomic mass is 10.0. The van der Waals surface area contributed by atoms with Gasteiger partial charge in [0.15, 0.2) is 0 Å². The Hall–Kier alpha value is -3.69. The third kappa shape index (κ3) is 3.67. The number of nitrogen functional groups attached to an aromatic ring is 1. The Morgan fingerprint density at radius 1 is 1.17 bits per heavy atom. The van der Waals surface area contributed by atoms with Crippen molar-refractivity contribution in [3.63, 3.8) is 0 Å². The van der Waals surface area contributed by atoms with Crippen LogP contribution in [0.1, 0.15) is 58.2 Å². The fourth-order valence-corrected chi connectivity index (χ4v) is 5.07. The van der Waals surface area contributed by atoms with Gasteiger partial charge in [-0.25, -0.2) is 15.0 Å². The van der Waals surface area contributed by atoms with E-state index in [0.29, 0.717) is 59.0 Å². The van der Waals surface area contributed by atoms with Gasteiger partial charge in [-0.2, -0.15) is 13.2 Å². The molecular formula is C25H23F3N6O. The van der Waals surface area contributed by atoms with E-state index in [1.165, 1.54) is 6.07 Å². The minimum absolute atomic E-state index is 0.140. The number of aromatic nitrogens is 4. The molecule has 7 nitrogen and oxygen atoms in total. The Balaban J connectivity index is 1.42. The number of carbonyl (C=O) groups excluding carboxylic acids is 1. The first-order valence-corrected chi connectivity index (χ1v) is 11.6. The highest BCUT2D eigenvalue weighted by Gasteiger charge is 2.39. The van der Waals surface area contributed by atoms with Gasteiger partial charge in [0, 0.05) is 17.8 Å². The zero-order chi connectivity index (χ0) is 24.5. The molecule has 6 rings (SSSR count). The lowest BCUT2D eigenvalue weighted by Crippen LogP contribution is -2.36. The predicted molar refractivity (Wildman–Crippen MR) is 124 cm³/mol. The first-order chi connectivity index (χ1) is 16.7. The van der Waals surface area contributed by atoms with Crippen LogP contribution in [0.25, 0.3) is 16.6 Å². The van der Waals surface area contributed by atoms with Gasteiger partial charge in [0.2, 0.25) is 0 Å². The number of nitrogens with two attached hydrogens (primary N) is 1. The van der Waals surface area contributed by atoms with E-state index in [-0.39, 0.29) is 11.9 Å². The van der Waals surface area contributed by atoms with E-state index in [4.69, 9.17) is 5.73 Å². The number of fused-ring (bicyclic) bond motifs is 4. The Kier molecular flexibility index (Phi) is 4.77. The molecule has 3 aromatic heterocycles. The summed E-state index contributed by atoms with van der Waals surface area (Å²) < 4.78 is 41.4. The molecule has 4 aromatic rings. The zero-order valence-corrected chi connectivity index (χ0v) is 19.0. The third-order valence-electron chi connectivity index (χ3n) is 7.06. The molecule has 180 valence electrons. The Morgan fingerprint density at radius 2 is 1.97 bits per heavy atom. The maximum absolute atomic E-state index is 14.0. The van der Waals surface area contributed by atoms with Crippen molar-refractivity contribution in [3.8, 4) is 0 Å². The van der Waals surface area contributed by atoms with Gasteiger partial charge in [0.05, 0.1) is 29.6 Å². The van der Waals surface area contributed by atoms with Crippen LogP contribution in [-0.2, 0) is 12.6 Å². The number of carbonyl (C=O) groups is 1. The molecule has 1 atom stereocenters. The van der Waals surface area contributed by atoms with Gasteiger partial charge in [-0.3, -0.25) is 9.20 Å². The molecule has 0 spiro atoms. The van der Waals surface area contributed by atoms with Crippen molar-refractivity contribution >= 4 is 28.3 Å². The molecule has 2 aliphatic rings. The number of halogens is 3. The number of amides is 1.